The van der Waals surface area contributed by atoms with Crippen molar-refractivity contribution >= 4 is 52.2 Å². The summed E-state index contributed by atoms with van der Waals surface area (Å²) >= 11 is 13.1. The molecule has 0 N–H and O–H groups in total. The monoisotopic (exact) mass is 393 g/mol. The second-order valence-electron chi connectivity index (χ2n) is 5.13. The van der Waals surface area contributed by atoms with E-state index in [4.69, 9.17) is 27.9 Å². The molecule has 3 rings (SSSR count). The molecule has 7 heteroatoms. The first-order valence-electron chi connectivity index (χ1n) is 7.43. The number of hydrogen-bond donors (Lipinski definition) is 0. The second-order valence-corrected chi connectivity index (χ2v) is 6.94. The zero-order valence-electron chi connectivity index (χ0n) is 12.9. The van der Waals surface area contributed by atoms with E-state index < -0.39 is 0 Å². The lowest BCUT2D eigenvalue weighted by atomic mass is 10.2. The molecule has 25 heavy (non-hydrogen) atoms. The summed E-state index contributed by atoms with van der Waals surface area (Å²) in [6.07, 6.45) is 1.55. The van der Waals surface area contributed by atoms with Gasteiger partial charge < -0.3 is 4.74 Å². The molecule has 2 aromatic carbocycles. The van der Waals surface area contributed by atoms with E-state index in [2.05, 4.69) is 0 Å². The molecule has 0 spiro atoms. The molecule has 128 valence electrons. The van der Waals surface area contributed by atoms with Crippen molar-refractivity contribution in [2.24, 2.45) is 0 Å². The number of carbonyl (C=O) groups is 2. The van der Waals surface area contributed by atoms with Crippen molar-refractivity contribution in [1.82, 2.24) is 4.90 Å². The number of halogens is 2. The lowest BCUT2D eigenvalue weighted by Gasteiger charge is -2.13. The maximum absolute atomic E-state index is 12.5. The molecule has 0 atom stereocenters. The van der Waals surface area contributed by atoms with Gasteiger partial charge in [-0.15, -0.1) is 0 Å². The molecule has 0 saturated carbocycles. The van der Waals surface area contributed by atoms with E-state index in [-0.39, 0.29) is 24.3 Å². The minimum absolute atomic E-state index is 0.174. The van der Waals surface area contributed by atoms with Crippen molar-refractivity contribution in [2.45, 2.75) is 0 Å². The third kappa shape index (κ3) is 4.18. The van der Waals surface area contributed by atoms with Crippen molar-refractivity contribution < 1.29 is 14.3 Å². The fourth-order valence-corrected chi connectivity index (χ4v) is 3.60. The molecule has 1 aliphatic rings. The van der Waals surface area contributed by atoms with Crippen LogP contribution in [0.15, 0.2) is 53.4 Å². The maximum atomic E-state index is 12.5. The van der Waals surface area contributed by atoms with Crippen molar-refractivity contribution in [2.75, 3.05) is 13.2 Å². The Morgan fingerprint density at radius 2 is 1.68 bits per heavy atom. The van der Waals surface area contributed by atoms with Crippen LogP contribution in [0, 0.1) is 0 Å². The Labute approximate surface area is 159 Å². The van der Waals surface area contributed by atoms with Crippen molar-refractivity contribution in [3.05, 3.63) is 69.0 Å². The summed E-state index contributed by atoms with van der Waals surface area (Å²) in [5.41, 5.74) is 0.525. The Balaban J connectivity index is 1.69. The molecule has 1 saturated heterocycles. The first kappa shape index (κ1) is 17.9. The van der Waals surface area contributed by atoms with Crippen molar-refractivity contribution in [1.29, 1.82) is 0 Å². The maximum Gasteiger partial charge on any atom is 0.293 e. The molecule has 4 nitrogen and oxygen atoms in total. The number of rotatable bonds is 5. The van der Waals surface area contributed by atoms with E-state index in [0.29, 0.717) is 26.3 Å². The fraction of sp³-hybridized carbons (Fsp3) is 0.111. The van der Waals surface area contributed by atoms with Gasteiger partial charge in [0.15, 0.2) is 0 Å². The fourth-order valence-electron chi connectivity index (χ4n) is 2.24. The summed E-state index contributed by atoms with van der Waals surface area (Å²) in [5.74, 6) is 0.315. The van der Waals surface area contributed by atoms with E-state index >= 15 is 0 Å². The van der Waals surface area contributed by atoms with Gasteiger partial charge in [0.25, 0.3) is 11.1 Å². The van der Waals surface area contributed by atoms with Crippen LogP contribution >= 0.6 is 35.0 Å². The Kier molecular flexibility index (Phi) is 5.68. The molecule has 1 fully saturated rings. The van der Waals surface area contributed by atoms with Gasteiger partial charge in [0.05, 0.1) is 11.4 Å². The minimum atomic E-state index is -0.373. The average molecular weight is 394 g/mol. The van der Waals surface area contributed by atoms with Crippen LogP contribution in [0.3, 0.4) is 0 Å². The molecule has 1 aliphatic heterocycles. The Morgan fingerprint density at radius 3 is 2.36 bits per heavy atom. The smallest absolute Gasteiger partial charge is 0.293 e. The SMILES string of the molecule is O=C1S/C(=C\c2c(Cl)cccc2Cl)C(=O)N1CCOc1ccccc1. The van der Waals surface area contributed by atoms with E-state index in [1.807, 2.05) is 30.3 Å². The lowest BCUT2D eigenvalue weighted by molar-refractivity contribution is -0.123. The average Bonchev–Trinajstić information content (AvgIpc) is 2.86. The summed E-state index contributed by atoms with van der Waals surface area (Å²) in [6, 6.07) is 14.3. The number of ether oxygens (including phenoxy) is 1. The highest BCUT2D eigenvalue weighted by Gasteiger charge is 2.35. The quantitative estimate of drug-likeness (QED) is 0.662. The Morgan fingerprint density at radius 1 is 1.00 bits per heavy atom. The number of thioether (sulfide) groups is 1. The summed E-state index contributed by atoms with van der Waals surface area (Å²) in [6.45, 7) is 0.398. The molecular formula is C18H13Cl2NO3S. The molecule has 1 heterocycles. The number of hydrogen-bond acceptors (Lipinski definition) is 4. The van der Waals surface area contributed by atoms with Gasteiger partial charge in [-0.2, -0.15) is 0 Å². The van der Waals surface area contributed by atoms with Crippen molar-refractivity contribution in [3.8, 4) is 5.75 Å². The zero-order valence-corrected chi connectivity index (χ0v) is 15.3. The highest BCUT2D eigenvalue weighted by molar-refractivity contribution is 8.18. The van der Waals surface area contributed by atoms with Gasteiger partial charge in [-0.25, -0.2) is 0 Å². The minimum Gasteiger partial charge on any atom is -0.492 e. The van der Waals surface area contributed by atoms with E-state index in [1.54, 1.807) is 24.3 Å². The zero-order chi connectivity index (χ0) is 17.8. The van der Waals surface area contributed by atoms with Gasteiger partial charge in [0.2, 0.25) is 0 Å². The molecule has 0 bridgehead atoms. The summed E-state index contributed by atoms with van der Waals surface area (Å²) in [5, 5.41) is 0.509. The van der Waals surface area contributed by atoms with Crippen LogP contribution < -0.4 is 4.74 Å². The molecule has 0 unspecified atom stereocenters. The highest BCUT2D eigenvalue weighted by atomic mass is 35.5. The predicted molar refractivity (Wildman–Crippen MR) is 101 cm³/mol. The van der Waals surface area contributed by atoms with Gasteiger partial charge in [0, 0.05) is 15.6 Å². The van der Waals surface area contributed by atoms with Crippen LogP contribution in [-0.4, -0.2) is 29.2 Å². The number of benzene rings is 2. The first-order valence-corrected chi connectivity index (χ1v) is 9.01. The molecule has 2 aromatic rings. The summed E-state index contributed by atoms with van der Waals surface area (Å²) in [7, 11) is 0. The standard InChI is InChI=1S/C18H13Cl2NO3S/c19-14-7-4-8-15(20)13(14)11-16-17(22)21(18(23)25-16)9-10-24-12-5-2-1-3-6-12/h1-8,11H,9-10H2/b16-11-. The number of imide groups is 1. The van der Waals surface area contributed by atoms with Crippen LogP contribution in [0.25, 0.3) is 6.08 Å². The number of amides is 2. The van der Waals surface area contributed by atoms with Gasteiger partial charge in [-0.3, -0.25) is 14.5 Å². The van der Waals surface area contributed by atoms with Crippen LogP contribution in [0.4, 0.5) is 4.79 Å². The third-order valence-corrected chi connectivity index (χ3v) is 5.04. The van der Waals surface area contributed by atoms with E-state index in [0.717, 1.165) is 16.7 Å². The molecule has 0 aliphatic carbocycles. The largest absolute Gasteiger partial charge is 0.492 e. The Bertz CT molecular complexity index is 819. The van der Waals surface area contributed by atoms with E-state index in [1.165, 1.54) is 0 Å². The van der Waals surface area contributed by atoms with Gasteiger partial charge >= 0.3 is 0 Å². The number of para-hydroxylation sites is 1. The topological polar surface area (TPSA) is 46.6 Å². The van der Waals surface area contributed by atoms with Gasteiger partial charge in [0.1, 0.15) is 12.4 Å². The summed E-state index contributed by atoms with van der Waals surface area (Å²) < 4.78 is 5.54. The molecule has 2 amide bonds. The third-order valence-electron chi connectivity index (χ3n) is 3.48. The number of nitrogens with zero attached hydrogens (tertiary/aromatic N) is 1. The van der Waals surface area contributed by atoms with Crippen molar-refractivity contribution in [3.63, 3.8) is 0 Å². The Hall–Kier alpha value is -1.95. The van der Waals surface area contributed by atoms with Gasteiger partial charge in [-0.1, -0.05) is 47.5 Å². The molecule has 0 aromatic heterocycles. The van der Waals surface area contributed by atoms with Crippen LogP contribution in [0.5, 0.6) is 5.75 Å². The highest BCUT2D eigenvalue weighted by Crippen LogP contribution is 2.35. The first-order chi connectivity index (χ1) is 12.1. The normalized spacial score (nSPS) is 15.9. The van der Waals surface area contributed by atoms with Crippen LogP contribution in [0.1, 0.15) is 5.56 Å². The lowest BCUT2D eigenvalue weighted by Crippen LogP contribution is -2.32. The molecule has 0 radical (unpaired) electrons. The predicted octanol–water partition coefficient (Wildman–Crippen LogP) is 5.11. The second kappa shape index (κ2) is 7.95. The van der Waals surface area contributed by atoms with E-state index in [9.17, 15) is 9.59 Å². The van der Waals surface area contributed by atoms with Crippen LogP contribution in [-0.2, 0) is 4.79 Å². The number of carbonyl (C=O) groups excluding carboxylic acids is 2. The summed E-state index contributed by atoms with van der Waals surface area (Å²) in [4.78, 5) is 26.0. The molecular weight excluding hydrogens is 381 g/mol. The van der Waals surface area contributed by atoms with Crippen LogP contribution in [0.2, 0.25) is 10.0 Å². The van der Waals surface area contributed by atoms with Gasteiger partial charge in [-0.05, 0) is 42.1 Å².